The van der Waals surface area contributed by atoms with Crippen molar-refractivity contribution in [1.29, 1.82) is 0 Å². The summed E-state index contributed by atoms with van der Waals surface area (Å²) in [6.07, 6.45) is 1.30. The molecule has 9 heteroatoms. The van der Waals surface area contributed by atoms with E-state index in [2.05, 4.69) is 15.1 Å². The fourth-order valence-corrected chi connectivity index (χ4v) is 2.64. The number of guanidine groups is 1. The average Bonchev–Trinajstić information content (AvgIpc) is 2.62. The van der Waals surface area contributed by atoms with E-state index in [1.54, 1.807) is 11.1 Å². The van der Waals surface area contributed by atoms with Crippen LogP contribution in [0.5, 0.6) is 5.75 Å². The molecule has 0 aromatic heterocycles. The number of rotatable bonds is 6. The van der Waals surface area contributed by atoms with Crippen LogP contribution in [0.2, 0.25) is 0 Å². The van der Waals surface area contributed by atoms with Gasteiger partial charge in [0.2, 0.25) is 5.96 Å². The summed E-state index contributed by atoms with van der Waals surface area (Å²) < 4.78 is 11.3. The lowest BCUT2D eigenvalue weighted by molar-refractivity contribution is 0.0137. The Hall–Kier alpha value is -2.81. The van der Waals surface area contributed by atoms with E-state index in [0.717, 1.165) is 25.2 Å². The fourth-order valence-electron chi connectivity index (χ4n) is 2.64. The zero-order valence-corrected chi connectivity index (χ0v) is 16.8. The summed E-state index contributed by atoms with van der Waals surface area (Å²) in [4.78, 5) is 16.1. The molecule has 0 saturated carbocycles. The van der Waals surface area contributed by atoms with E-state index in [1.807, 2.05) is 45.0 Å². The molecule has 0 bridgehead atoms. The predicted molar refractivity (Wildman–Crippen MR) is 110 cm³/mol. The minimum absolute atomic E-state index is 0.0971. The van der Waals surface area contributed by atoms with Crippen LogP contribution < -0.4 is 16.2 Å². The van der Waals surface area contributed by atoms with Crippen molar-refractivity contribution in [3.63, 3.8) is 0 Å². The zero-order chi connectivity index (χ0) is 20.6. The normalized spacial score (nSPS) is 15.5. The Morgan fingerprint density at radius 3 is 2.50 bits per heavy atom. The van der Waals surface area contributed by atoms with E-state index in [9.17, 15) is 4.79 Å². The van der Waals surface area contributed by atoms with Crippen molar-refractivity contribution in [2.75, 3.05) is 39.3 Å². The zero-order valence-electron chi connectivity index (χ0n) is 16.8. The summed E-state index contributed by atoms with van der Waals surface area (Å²) in [6, 6.07) is 7.53. The van der Waals surface area contributed by atoms with Gasteiger partial charge in [0.25, 0.3) is 0 Å². The van der Waals surface area contributed by atoms with Gasteiger partial charge in [-0.1, -0.05) is 12.1 Å². The smallest absolute Gasteiger partial charge is 0.410 e. The maximum Gasteiger partial charge on any atom is 0.410 e. The average molecular weight is 390 g/mol. The van der Waals surface area contributed by atoms with Gasteiger partial charge in [-0.25, -0.2) is 4.79 Å². The van der Waals surface area contributed by atoms with Crippen molar-refractivity contribution >= 4 is 18.3 Å². The first-order chi connectivity index (χ1) is 13.2. The second kappa shape index (κ2) is 9.93. The lowest BCUT2D eigenvalue weighted by atomic mass is 10.2. The summed E-state index contributed by atoms with van der Waals surface area (Å²) >= 11 is 0. The SMILES string of the molecule is CC(C)(C)OC(=O)N1CCN(CCOc2ccccc2C=NN=C(N)N)CC1. The number of ether oxygens (including phenoxy) is 2. The molecule has 0 aliphatic carbocycles. The highest BCUT2D eigenvalue weighted by Crippen LogP contribution is 2.16. The maximum absolute atomic E-state index is 12.1. The van der Waals surface area contributed by atoms with Crippen molar-refractivity contribution in [1.82, 2.24) is 9.80 Å². The number of nitrogens with two attached hydrogens (primary N) is 2. The van der Waals surface area contributed by atoms with Gasteiger partial charge in [0.05, 0.1) is 6.21 Å². The van der Waals surface area contributed by atoms with Crippen molar-refractivity contribution in [2.24, 2.45) is 21.7 Å². The Balaban J connectivity index is 1.77. The highest BCUT2D eigenvalue weighted by atomic mass is 16.6. The van der Waals surface area contributed by atoms with Crippen LogP contribution in [0.3, 0.4) is 0 Å². The van der Waals surface area contributed by atoms with E-state index in [-0.39, 0.29) is 12.1 Å². The number of piperazine rings is 1. The van der Waals surface area contributed by atoms with E-state index in [1.165, 1.54) is 0 Å². The van der Waals surface area contributed by atoms with E-state index >= 15 is 0 Å². The van der Waals surface area contributed by atoms with Gasteiger partial charge in [0.15, 0.2) is 0 Å². The third kappa shape index (κ3) is 7.43. The molecule has 1 heterocycles. The van der Waals surface area contributed by atoms with Crippen LogP contribution in [-0.4, -0.2) is 73.0 Å². The van der Waals surface area contributed by atoms with Gasteiger partial charge in [-0.2, -0.15) is 5.10 Å². The van der Waals surface area contributed by atoms with Crippen LogP contribution >= 0.6 is 0 Å². The Labute approximate surface area is 166 Å². The third-order valence-electron chi connectivity index (χ3n) is 3.98. The summed E-state index contributed by atoms with van der Waals surface area (Å²) in [6.45, 7) is 9.79. The number of hydrogen-bond donors (Lipinski definition) is 2. The highest BCUT2D eigenvalue weighted by molar-refractivity contribution is 5.84. The van der Waals surface area contributed by atoms with E-state index in [4.69, 9.17) is 20.9 Å². The Bertz CT molecular complexity index is 702. The summed E-state index contributed by atoms with van der Waals surface area (Å²) in [5.74, 6) is 0.615. The third-order valence-corrected chi connectivity index (χ3v) is 3.98. The minimum Gasteiger partial charge on any atom is -0.492 e. The minimum atomic E-state index is -0.472. The molecule has 1 aromatic rings. The first-order valence-corrected chi connectivity index (χ1v) is 9.29. The molecule has 1 aliphatic rings. The summed E-state index contributed by atoms with van der Waals surface area (Å²) in [5.41, 5.74) is 10.8. The fraction of sp³-hybridized carbons (Fsp3) is 0.526. The molecule has 1 fully saturated rings. The number of hydrogen-bond acceptors (Lipinski definition) is 6. The van der Waals surface area contributed by atoms with Gasteiger partial charge in [0.1, 0.15) is 18.0 Å². The van der Waals surface area contributed by atoms with Gasteiger partial charge < -0.3 is 25.8 Å². The Kier molecular flexibility index (Phi) is 7.62. The van der Waals surface area contributed by atoms with Crippen molar-refractivity contribution in [3.05, 3.63) is 29.8 Å². The van der Waals surface area contributed by atoms with E-state index in [0.29, 0.717) is 25.4 Å². The first-order valence-electron chi connectivity index (χ1n) is 9.29. The van der Waals surface area contributed by atoms with Crippen LogP contribution in [0.4, 0.5) is 4.79 Å². The summed E-state index contributed by atoms with van der Waals surface area (Å²) in [5, 5.41) is 7.42. The van der Waals surface area contributed by atoms with Gasteiger partial charge in [-0.15, -0.1) is 5.10 Å². The van der Waals surface area contributed by atoms with Crippen LogP contribution in [0.25, 0.3) is 0 Å². The standard InChI is InChI=1S/C19H30N6O3/c1-19(2,3)28-18(26)25-10-8-24(9-11-25)12-13-27-16-7-5-4-6-15(16)14-22-23-17(20)21/h4-7,14H,8-13H2,1-3H3,(H4,20,21,23). The second-order valence-corrected chi connectivity index (χ2v) is 7.46. The second-order valence-electron chi connectivity index (χ2n) is 7.46. The van der Waals surface area contributed by atoms with Crippen LogP contribution in [0.15, 0.2) is 34.5 Å². The first kappa shape index (κ1) is 21.5. The molecular formula is C19H30N6O3. The van der Waals surface area contributed by atoms with Crippen molar-refractivity contribution in [2.45, 2.75) is 26.4 Å². The van der Waals surface area contributed by atoms with Crippen molar-refractivity contribution in [3.8, 4) is 5.75 Å². The van der Waals surface area contributed by atoms with Gasteiger partial charge in [-0.05, 0) is 32.9 Å². The molecule has 0 unspecified atom stereocenters. The van der Waals surface area contributed by atoms with E-state index < -0.39 is 5.60 Å². The van der Waals surface area contributed by atoms with Crippen LogP contribution in [-0.2, 0) is 4.74 Å². The molecular weight excluding hydrogens is 360 g/mol. The number of amides is 1. The van der Waals surface area contributed by atoms with Crippen LogP contribution in [0.1, 0.15) is 26.3 Å². The highest BCUT2D eigenvalue weighted by Gasteiger charge is 2.25. The molecule has 1 saturated heterocycles. The molecule has 0 radical (unpaired) electrons. The molecule has 4 N–H and O–H groups in total. The number of carbonyl (C=O) groups excluding carboxylic acids is 1. The molecule has 1 aromatic carbocycles. The topological polar surface area (TPSA) is 119 Å². The molecule has 154 valence electrons. The van der Waals surface area contributed by atoms with Crippen LogP contribution in [0, 0.1) is 0 Å². The predicted octanol–water partition coefficient (Wildman–Crippen LogP) is 1.23. The monoisotopic (exact) mass is 390 g/mol. The molecule has 9 nitrogen and oxygen atoms in total. The largest absolute Gasteiger partial charge is 0.492 e. The molecule has 1 aliphatic heterocycles. The molecule has 0 spiro atoms. The number of carbonyl (C=O) groups is 1. The molecule has 28 heavy (non-hydrogen) atoms. The summed E-state index contributed by atoms with van der Waals surface area (Å²) in [7, 11) is 0. The quantitative estimate of drug-likeness (QED) is 0.428. The van der Waals surface area contributed by atoms with Gasteiger partial charge >= 0.3 is 6.09 Å². The number of para-hydroxylation sites is 1. The van der Waals surface area contributed by atoms with Gasteiger partial charge in [-0.3, -0.25) is 4.90 Å². The lowest BCUT2D eigenvalue weighted by Gasteiger charge is -2.35. The lowest BCUT2D eigenvalue weighted by Crippen LogP contribution is -2.50. The molecule has 0 atom stereocenters. The Morgan fingerprint density at radius 2 is 1.86 bits per heavy atom. The Morgan fingerprint density at radius 1 is 1.18 bits per heavy atom. The van der Waals surface area contributed by atoms with Gasteiger partial charge in [0, 0.05) is 38.3 Å². The molecule has 2 rings (SSSR count). The molecule has 1 amide bonds. The number of benzene rings is 1. The maximum atomic E-state index is 12.1. The number of nitrogens with zero attached hydrogens (tertiary/aromatic N) is 4. The van der Waals surface area contributed by atoms with Crippen molar-refractivity contribution < 1.29 is 14.3 Å².